The zero-order valence-corrected chi connectivity index (χ0v) is 19.3. The van der Waals surface area contributed by atoms with Gasteiger partial charge in [0.15, 0.2) is 0 Å². The van der Waals surface area contributed by atoms with Crippen molar-refractivity contribution in [2.24, 2.45) is 0 Å². The molecule has 0 radical (unpaired) electrons. The first-order valence-corrected chi connectivity index (χ1v) is 10.6. The van der Waals surface area contributed by atoms with Crippen LogP contribution in [0, 0.1) is 0 Å². The molecule has 6 heteroatoms. The smallest absolute Gasteiger partial charge is 0.337 e. The Bertz CT molecular complexity index is 1130. The molecule has 0 atom stereocenters. The van der Waals surface area contributed by atoms with Gasteiger partial charge in [-0.1, -0.05) is 45.0 Å². The molecule has 0 unspecified atom stereocenters. The standard InChI is InChI=1S/C27H28N2O4/c1-27(2,3)22-13-9-19(10-14-22)24(30)28-17-18-5-7-20(8-6-18)25(31)29-23-15-11-21(12-16-23)26(32)33-4/h5-16H,17H2,1-4H3,(H,28,30)(H,29,31). The van der Waals surface area contributed by atoms with Crippen LogP contribution in [0.25, 0.3) is 0 Å². The summed E-state index contributed by atoms with van der Waals surface area (Å²) in [7, 11) is 1.32. The van der Waals surface area contributed by atoms with Crippen molar-refractivity contribution < 1.29 is 19.1 Å². The van der Waals surface area contributed by atoms with Crippen molar-refractivity contribution in [3.8, 4) is 0 Å². The molecule has 0 saturated heterocycles. The van der Waals surface area contributed by atoms with Crippen LogP contribution in [-0.2, 0) is 16.7 Å². The van der Waals surface area contributed by atoms with E-state index in [4.69, 9.17) is 0 Å². The third-order valence-electron chi connectivity index (χ3n) is 5.25. The van der Waals surface area contributed by atoms with E-state index in [1.165, 1.54) is 12.7 Å². The summed E-state index contributed by atoms with van der Waals surface area (Å²) in [6.45, 7) is 6.75. The predicted molar refractivity (Wildman–Crippen MR) is 128 cm³/mol. The summed E-state index contributed by atoms with van der Waals surface area (Å²) in [4.78, 5) is 36.4. The number of hydrogen-bond donors (Lipinski definition) is 2. The van der Waals surface area contributed by atoms with Crippen LogP contribution < -0.4 is 10.6 Å². The molecule has 6 nitrogen and oxygen atoms in total. The van der Waals surface area contributed by atoms with Crippen LogP contribution in [0.3, 0.4) is 0 Å². The van der Waals surface area contributed by atoms with Gasteiger partial charge >= 0.3 is 5.97 Å². The van der Waals surface area contributed by atoms with E-state index >= 15 is 0 Å². The molecule has 2 N–H and O–H groups in total. The predicted octanol–water partition coefficient (Wildman–Crippen LogP) is 4.95. The number of hydrogen-bond acceptors (Lipinski definition) is 4. The lowest BCUT2D eigenvalue weighted by atomic mass is 9.87. The highest BCUT2D eigenvalue weighted by Crippen LogP contribution is 2.22. The molecule has 3 aromatic rings. The highest BCUT2D eigenvalue weighted by Gasteiger charge is 2.14. The normalized spacial score (nSPS) is 10.9. The summed E-state index contributed by atoms with van der Waals surface area (Å²) < 4.78 is 4.66. The summed E-state index contributed by atoms with van der Waals surface area (Å²) in [5, 5.41) is 5.69. The third kappa shape index (κ3) is 6.29. The molecule has 2 amide bonds. The number of benzene rings is 3. The Morgan fingerprint density at radius 3 is 1.79 bits per heavy atom. The van der Waals surface area contributed by atoms with Gasteiger partial charge < -0.3 is 15.4 Å². The van der Waals surface area contributed by atoms with Gasteiger partial charge in [-0.15, -0.1) is 0 Å². The Balaban J connectivity index is 1.54. The Kier molecular flexibility index (Phi) is 7.28. The molecule has 0 fully saturated rings. The lowest BCUT2D eigenvalue weighted by molar-refractivity contribution is 0.0600. The minimum Gasteiger partial charge on any atom is -0.465 e. The number of esters is 1. The van der Waals surface area contributed by atoms with Crippen molar-refractivity contribution >= 4 is 23.5 Å². The van der Waals surface area contributed by atoms with Crippen molar-refractivity contribution in [2.75, 3.05) is 12.4 Å². The summed E-state index contributed by atoms with van der Waals surface area (Å²) in [5.74, 6) is -0.847. The van der Waals surface area contributed by atoms with Crippen LogP contribution in [-0.4, -0.2) is 24.9 Å². The molecule has 0 aliphatic rings. The fraction of sp³-hybridized carbons (Fsp3) is 0.222. The first kappa shape index (κ1) is 23.7. The molecule has 0 saturated carbocycles. The van der Waals surface area contributed by atoms with Crippen LogP contribution in [0.1, 0.15) is 63.0 Å². The zero-order chi connectivity index (χ0) is 24.0. The Morgan fingerprint density at radius 1 is 0.727 bits per heavy atom. The van der Waals surface area contributed by atoms with Crippen LogP contribution in [0.15, 0.2) is 72.8 Å². The number of anilines is 1. The van der Waals surface area contributed by atoms with Crippen LogP contribution >= 0.6 is 0 Å². The molecule has 0 aliphatic heterocycles. The van der Waals surface area contributed by atoms with Crippen molar-refractivity contribution in [3.63, 3.8) is 0 Å². The van der Waals surface area contributed by atoms with E-state index < -0.39 is 5.97 Å². The van der Waals surface area contributed by atoms with Crippen LogP contribution in [0.5, 0.6) is 0 Å². The van der Waals surface area contributed by atoms with E-state index in [1.807, 2.05) is 24.3 Å². The first-order valence-electron chi connectivity index (χ1n) is 10.6. The third-order valence-corrected chi connectivity index (χ3v) is 5.25. The number of ether oxygens (including phenoxy) is 1. The second kappa shape index (κ2) is 10.1. The molecule has 3 rings (SSSR count). The van der Waals surface area contributed by atoms with E-state index in [2.05, 4.69) is 36.1 Å². The van der Waals surface area contributed by atoms with Gasteiger partial charge in [-0.05, 0) is 65.1 Å². The van der Waals surface area contributed by atoms with Gasteiger partial charge in [0.05, 0.1) is 12.7 Å². The van der Waals surface area contributed by atoms with Gasteiger partial charge in [-0.2, -0.15) is 0 Å². The number of carbonyl (C=O) groups excluding carboxylic acids is 3. The molecule has 170 valence electrons. The van der Waals surface area contributed by atoms with E-state index in [0.29, 0.717) is 28.9 Å². The Morgan fingerprint density at radius 2 is 1.24 bits per heavy atom. The summed E-state index contributed by atoms with van der Waals surface area (Å²) >= 11 is 0. The molecule has 0 heterocycles. The maximum absolute atomic E-state index is 12.5. The monoisotopic (exact) mass is 444 g/mol. The molecule has 0 aromatic heterocycles. The summed E-state index contributed by atoms with van der Waals surface area (Å²) in [6, 6.07) is 21.1. The van der Waals surface area contributed by atoms with Crippen LogP contribution in [0.2, 0.25) is 0 Å². The molecule has 0 bridgehead atoms. The fourth-order valence-corrected chi connectivity index (χ4v) is 3.19. The van der Waals surface area contributed by atoms with Crippen LogP contribution in [0.4, 0.5) is 5.69 Å². The van der Waals surface area contributed by atoms with Crippen molar-refractivity contribution in [1.82, 2.24) is 5.32 Å². The van der Waals surface area contributed by atoms with Gasteiger partial charge in [0.1, 0.15) is 0 Å². The lowest BCUT2D eigenvalue weighted by Gasteiger charge is -2.19. The first-order chi connectivity index (χ1) is 15.7. The van der Waals surface area contributed by atoms with Gasteiger partial charge in [0.25, 0.3) is 11.8 Å². The second-order valence-electron chi connectivity index (χ2n) is 8.73. The Labute approximate surface area is 194 Å². The SMILES string of the molecule is COC(=O)c1ccc(NC(=O)c2ccc(CNC(=O)c3ccc(C(C)(C)C)cc3)cc2)cc1. The summed E-state index contributed by atoms with van der Waals surface area (Å²) in [5.41, 5.74) is 4.17. The van der Waals surface area contributed by atoms with E-state index in [-0.39, 0.29) is 17.2 Å². The van der Waals surface area contributed by atoms with Gasteiger partial charge in [-0.25, -0.2) is 4.79 Å². The van der Waals surface area contributed by atoms with E-state index in [9.17, 15) is 14.4 Å². The lowest BCUT2D eigenvalue weighted by Crippen LogP contribution is -2.23. The van der Waals surface area contributed by atoms with Gasteiger partial charge in [-0.3, -0.25) is 9.59 Å². The van der Waals surface area contributed by atoms with Gasteiger partial charge in [0, 0.05) is 23.4 Å². The molecule has 33 heavy (non-hydrogen) atoms. The fourth-order valence-electron chi connectivity index (χ4n) is 3.19. The van der Waals surface area contributed by atoms with Crippen molar-refractivity contribution in [3.05, 3.63) is 101 Å². The number of nitrogens with one attached hydrogen (secondary N) is 2. The second-order valence-corrected chi connectivity index (χ2v) is 8.73. The van der Waals surface area contributed by atoms with Crippen molar-refractivity contribution in [1.29, 1.82) is 0 Å². The number of methoxy groups -OCH3 is 1. The van der Waals surface area contributed by atoms with E-state index in [1.54, 1.807) is 48.5 Å². The molecule has 0 aliphatic carbocycles. The zero-order valence-electron chi connectivity index (χ0n) is 19.3. The quantitative estimate of drug-likeness (QED) is 0.527. The van der Waals surface area contributed by atoms with Crippen molar-refractivity contribution in [2.45, 2.75) is 32.7 Å². The van der Waals surface area contributed by atoms with E-state index in [0.717, 1.165) is 5.56 Å². The highest BCUT2D eigenvalue weighted by atomic mass is 16.5. The highest BCUT2D eigenvalue weighted by molar-refractivity contribution is 6.04. The maximum atomic E-state index is 12.5. The minimum atomic E-state index is -0.433. The number of rotatable bonds is 6. The number of carbonyl (C=O) groups is 3. The maximum Gasteiger partial charge on any atom is 0.337 e. The molecule has 3 aromatic carbocycles. The average molecular weight is 445 g/mol. The molecule has 0 spiro atoms. The minimum absolute atomic E-state index is 0.0373. The largest absolute Gasteiger partial charge is 0.465 e. The Hall–Kier alpha value is -3.93. The average Bonchev–Trinajstić information content (AvgIpc) is 2.82. The summed E-state index contributed by atoms with van der Waals surface area (Å²) in [6.07, 6.45) is 0. The number of amides is 2. The van der Waals surface area contributed by atoms with Gasteiger partial charge in [0.2, 0.25) is 0 Å². The topological polar surface area (TPSA) is 84.5 Å². The molecular formula is C27H28N2O4. The molecular weight excluding hydrogens is 416 g/mol.